The highest BCUT2D eigenvalue weighted by atomic mass is 19.4. The van der Waals surface area contributed by atoms with Crippen LogP contribution in [0.2, 0.25) is 0 Å². The van der Waals surface area contributed by atoms with Crippen molar-refractivity contribution in [3.8, 4) is 0 Å². The van der Waals surface area contributed by atoms with Crippen molar-refractivity contribution in [3.05, 3.63) is 35.4 Å². The Balaban J connectivity index is 1.76. The third-order valence-electron chi connectivity index (χ3n) is 5.36. The molecule has 0 saturated carbocycles. The molecule has 0 aromatic heterocycles. The Morgan fingerprint density at radius 1 is 1.19 bits per heavy atom. The normalized spacial score (nSPS) is 33.6. The summed E-state index contributed by atoms with van der Waals surface area (Å²) in [4.78, 5) is 0. The van der Waals surface area contributed by atoms with Crippen LogP contribution in [0.1, 0.15) is 51.7 Å². The van der Waals surface area contributed by atoms with Crippen molar-refractivity contribution in [1.82, 2.24) is 0 Å². The molecule has 0 spiro atoms. The Morgan fingerprint density at radius 2 is 1.89 bits per heavy atom. The highest BCUT2D eigenvalue weighted by Gasteiger charge is 2.57. The summed E-state index contributed by atoms with van der Waals surface area (Å²) in [5, 5.41) is 0. The van der Waals surface area contributed by atoms with Gasteiger partial charge in [-0.1, -0.05) is 45.4 Å². The van der Waals surface area contributed by atoms with Crippen molar-refractivity contribution in [2.24, 2.45) is 5.92 Å². The van der Waals surface area contributed by atoms with E-state index in [4.69, 9.17) is 18.9 Å². The lowest BCUT2D eigenvalue weighted by Gasteiger charge is -2.31. The van der Waals surface area contributed by atoms with Crippen LogP contribution in [0.15, 0.2) is 24.3 Å². The van der Waals surface area contributed by atoms with Gasteiger partial charge in [0.15, 0.2) is 12.1 Å². The number of alkyl halides is 3. The molecule has 5 atom stereocenters. The molecule has 27 heavy (non-hydrogen) atoms. The van der Waals surface area contributed by atoms with Gasteiger partial charge in [0, 0.05) is 5.92 Å². The van der Waals surface area contributed by atoms with E-state index in [-0.39, 0.29) is 24.2 Å². The summed E-state index contributed by atoms with van der Waals surface area (Å²) < 4.78 is 63.7. The Kier molecular flexibility index (Phi) is 5.87. The third kappa shape index (κ3) is 4.16. The number of benzene rings is 1. The van der Waals surface area contributed by atoms with Crippen molar-refractivity contribution < 1.29 is 32.1 Å². The van der Waals surface area contributed by atoms with Gasteiger partial charge in [-0.3, -0.25) is 0 Å². The second kappa shape index (κ2) is 7.70. The average molecular weight is 388 g/mol. The highest BCUT2D eigenvalue weighted by Crippen LogP contribution is 2.43. The first kappa shape index (κ1) is 20.6. The first-order valence-electron chi connectivity index (χ1n) is 9.43. The average Bonchev–Trinajstić information content (AvgIpc) is 3.07. The van der Waals surface area contributed by atoms with Gasteiger partial charge in [-0.25, -0.2) is 0 Å². The summed E-state index contributed by atoms with van der Waals surface area (Å²) in [6.45, 7) is 7.69. The Hall–Kier alpha value is -1.15. The van der Waals surface area contributed by atoms with E-state index in [9.17, 15) is 13.2 Å². The predicted octanol–water partition coefficient (Wildman–Crippen LogP) is 4.90. The molecule has 1 aromatic rings. The quantitative estimate of drug-likeness (QED) is 0.694. The number of hydrogen-bond acceptors (Lipinski definition) is 4. The molecule has 0 N–H and O–H groups in total. The molecular weight excluding hydrogens is 361 g/mol. The fourth-order valence-electron chi connectivity index (χ4n) is 3.54. The number of fused-ring (bicyclic) bond motifs is 1. The summed E-state index contributed by atoms with van der Waals surface area (Å²) >= 11 is 0. The van der Waals surface area contributed by atoms with E-state index in [0.717, 1.165) is 18.9 Å². The minimum Gasteiger partial charge on any atom is -0.368 e. The van der Waals surface area contributed by atoms with Gasteiger partial charge in [-0.05, 0) is 25.0 Å². The number of ether oxygens (including phenoxy) is 4. The van der Waals surface area contributed by atoms with Crippen molar-refractivity contribution >= 4 is 0 Å². The van der Waals surface area contributed by atoms with E-state index in [2.05, 4.69) is 0 Å². The van der Waals surface area contributed by atoms with Crippen LogP contribution in [-0.2, 0) is 31.7 Å². The zero-order valence-corrected chi connectivity index (χ0v) is 16.1. The van der Waals surface area contributed by atoms with Crippen LogP contribution in [0, 0.1) is 5.92 Å². The number of hydrogen-bond donors (Lipinski definition) is 0. The van der Waals surface area contributed by atoms with E-state index in [1.807, 2.05) is 27.7 Å². The first-order valence-corrected chi connectivity index (χ1v) is 9.43. The van der Waals surface area contributed by atoms with Crippen LogP contribution < -0.4 is 0 Å². The summed E-state index contributed by atoms with van der Waals surface area (Å²) in [5.41, 5.74) is -0.572. The van der Waals surface area contributed by atoms with Crippen LogP contribution in [0.3, 0.4) is 0 Å². The standard InChI is InChI=1S/C20H27F3O4/c1-5-8-15-16(17-18(25-15)27-19(4,26-17)12(2)3)24-11-13-9-6-7-10-14(13)20(21,22)23/h6-7,9-10,12,15-18H,5,8,11H2,1-4H3/t15-,16+,17-,18-,19?/m1/s1. The van der Waals surface area contributed by atoms with Gasteiger partial charge in [0.1, 0.15) is 12.2 Å². The maximum Gasteiger partial charge on any atom is 0.416 e. The van der Waals surface area contributed by atoms with Crippen molar-refractivity contribution in [1.29, 1.82) is 0 Å². The first-order chi connectivity index (χ1) is 12.7. The van der Waals surface area contributed by atoms with E-state index in [1.165, 1.54) is 12.1 Å². The molecule has 2 aliphatic heterocycles. The summed E-state index contributed by atoms with van der Waals surface area (Å²) in [6.07, 6.45) is -4.57. The molecule has 3 rings (SSSR count). The number of rotatable bonds is 6. The molecule has 0 amide bonds. The van der Waals surface area contributed by atoms with Crippen LogP contribution in [-0.4, -0.2) is 30.4 Å². The molecule has 2 aliphatic rings. The maximum absolute atomic E-state index is 13.2. The minimum absolute atomic E-state index is 0.0999. The van der Waals surface area contributed by atoms with Crippen LogP contribution in [0.4, 0.5) is 13.2 Å². The summed E-state index contributed by atoms with van der Waals surface area (Å²) in [7, 11) is 0. The molecule has 2 fully saturated rings. The van der Waals surface area contributed by atoms with Gasteiger partial charge in [-0.15, -0.1) is 0 Å². The van der Waals surface area contributed by atoms with Gasteiger partial charge in [0.25, 0.3) is 0 Å². The lowest BCUT2D eigenvalue weighted by molar-refractivity contribution is -0.247. The largest absolute Gasteiger partial charge is 0.416 e. The lowest BCUT2D eigenvalue weighted by Crippen LogP contribution is -2.40. The molecule has 1 unspecified atom stereocenters. The maximum atomic E-state index is 13.2. The molecule has 4 nitrogen and oxygen atoms in total. The fourth-order valence-corrected chi connectivity index (χ4v) is 3.54. The monoisotopic (exact) mass is 388 g/mol. The van der Waals surface area contributed by atoms with E-state index < -0.39 is 36.0 Å². The highest BCUT2D eigenvalue weighted by molar-refractivity contribution is 5.29. The third-order valence-corrected chi connectivity index (χ3v) is 5.36. The van der Waals surface area contributed by atoms with Crippen molar-refractivity contribution in [2.45, 2.75) is 83.7 Å². The molecule has 1 aromatic carbocycles. The van der Waals surface area contributed by atoms with Crippen molar-refractivity contribution in [3.63, 3.8) is 0 Å². The molecule has 2 heterocycles. The molecule has 0 bridgehead atoms. The fraction of sp³-hybridized carbons (Fsp3) is 0.700. The van der Waals surface area contributed by atoms with Crippen LogP contribution >= 0.6 is 0 Å². The zero-order valence-electron chi connectivity index (χ0n) is 16.1. The second-order valence-corrected chi connectivity index (χ2v) is 7.63. The molecule has 7 heteroatoms. The zero-order chi connectivity index (χ0) is 19.8. The van der Waals surface area contributed by atoms with Gasteiger partial charge < -0.3 is 18.9 Å². The topological polar surface area (TPSA) is 36.9 Å². The van der Waals surface area contributed by atoms with Gasteiger partial charge in [0.2, 0.25) is 0 Å². The van der Waals surface area contributed by atoms with E-state index in [1.54, 1.807) is 6.07 Å². The smallest absolute Gasteiger partial charge is 0.368 e. The summed E-state index contributed by atoms with van der Waals surface area (Å²) in [6, 6.07) is 5.47. The van der Waals surface area contributed by atoms with Crippen molar-refractivity contribution in [2.75, 3.05) is 0 Å². The van der Waals surface area contributed by atoms with E-state index in [0.29, 0.717) is 0 Å². The Bertz CT molecular complexity index is 648. The lowest BCUT2D eigenvalue weighted by atomic mass is 10.0. The van der Waals surface area contributed by atoms with Gasteiger partial charge >= 0.3 is 6.18 Å². The van der Waals surface area contributed by atoms with Crippen LogP contribution in [0.25, 0.3) is 0 Å². The number of halogens is 3. The minimum atomic E-state index is -4.42. The molecule has 2 saturated heterocycles. The van der Waals surface area contributed by atoms with Gasteiger partial charge in [0.05, 0.1) is 18.3 Å². The summed E-state index contributed by atoms with van der Waals surface area (Å²) in [5.74, 6) is -0.694. The Labute approximate surface area is 157 Å². The van der Waals surface area contributed by atoms with Gasteiger partial charge in [-0.2, -0.15) is 13.2 Å². The molecule has 0 radical (unpaired) electrons. The van der Waals surface area contributed by atoms with Crippen LogP contribution in [0.5, 0.6) is 0 Å². The molecular formula is C20H27F3O4. The predicted molar refractivity (Wildman–Crippen MR) is 92.8 cm³/mol. The van der Waals surface area contributed by atoms with E-state index >= 15 is 0 Å². The SMILES string of the molecule is CCC[C@H]1O[C@@H]2OC(C)(C(C)C)O[C@@H]2[C@H]1OCc1ccccc1C(F)(F)F. The Morgan fingerprint density at radius 3 is 2.52 bits per heavy atom. The molecule has 0 aliphatic carbocycles. The molecule has 152 valence electrons. The second-order valence-electron chi connectivity index (χ2n) is 7.63.